The van der Waals surface area contributed by atoms with E-state index in [1.807, 2.05) is 0 Å². The van der Waals surface area contributed by atoms with Gasteiger partial charge in [-0.3, -0.25) is 4.79 Å². The first kappa shape index (κ1) is 15.2. The van der Waals surface area contributed by atoms with Gasteiger partial charge in [0, 0.05) is 6.20 Å². The fourth-order valence-corrected chi connectivity index (χ4v) is 1.27. The van der Waals surface area contributed by atoms with Crippen molar-refractivity contribution in [1.29, 1.82) is 0 Å². The van der Waals surface area contributed by atoms with E-state index in [0.29, 0.717) is 0 Å². The molecule has 0 aliphatic carbocycles. The Morgan fingerprint density at radius 2 is 2.11 bits per heavy atom. The zero-order chi connectivity index (χ0) is 14.6. The number of hydrogen-bond donors (Lipinski definition) is 1. The lowest BCUT2D eigenvalue weighted by molar-refractivity contribution is -0.142. The standard InChI is InChI=1S/C12H18N2O5/c1-12(2,3)19-11(17)14-6-8(13-7-14)9(15)5-10(16)18-4/h6-7,9,15H,5H2,1-4H3. The molecule has 0 amide bonds. The van der Waals surface area contributed by atoms with Crippen LogP contribution in [0.2, 0.25) is 0 Å². The molecular formula is C12H18N2O5. The molecular weight excluding hydrogens is 252 g/mol. The lowest BCUT2D eigenvalue weighted by atomic mass is 10.2. The molecule has 1 aromatic rings. The van der Waals surface area contributed by atoms with Crippen LogP contribution in [0.25, 0.3) is 0 Å². The number of imidazole rings is 1. The molecule has 1 rings (SSSR count). The van der Waals surface area contributed by atoms with Gasteiger partial charge in [0.2, 0.25) is 0 Å². The number of esters is 1. The van der Waals surface area contributed by atoms with Gasteiger partial charge in [-0.2, -0.15) is 0 Å². The van der Waals surface area contributed by atoms with Gasteiger partial charge in [0.1, 0.15) is 18.0 Å². The molecule has 0 spiro atoms. The number of nitrogens with zero attached hydrogens (tertiary/aromatic N) is 2. The number of aromatic nitrogens is 2. The summed E-state index contributed by atoms with van der Waals surface area (Å²) in [6.45, 7) is 5.23. The molecule has 0 bridgehead atoms. The van der Waals surface area contributed by atoms with Crippen LogP contribution >= 0.6 is 0 Å². The first-order chi connectivity index (χ1) is 8.73. The predicted molar refractivity (Wildman–Crippen MR) is 65.5 cm³/mol. The van der Waals surface area contributed by atoms with E-state index >= 15 is 0 Å². The van der Waals surface area contributed by atoms with Gasteiger partial charge in [0.15, 0.2) is 0 Å². The SMILES string of the molecule is COC(=O)CC(O)c1cn(C(=O)OC(C)(C)C)cn1. The van der Waals surface area contributed by atoms with E-state index in [0.717, 1.165) is 4.57 Å². The fourth-order valence-electron chi connectivity index (χ4n) is 1.27. The monoisotopic (exact) mass is 270 g/mol. The molecule has 19 heavy (non-hydrogen) atoms. The highest BCUT2D eigenvalue weighted by molar-refractivity contribution is 5.71. The molecule has 0 saturated heterocycles. The fraction of sp³-hybridized carbons (Fsp3) is 0.583. The minimum Gasteiger partial charge on any atom is -0.469 e. The van der Waals surface area contributed by atoms with Crippen molar-refractivity contribution in [2.75, 3.05) is 7.11 Å². The highest BCUT2D eigenvalue weighted by Crippen LogP contribution is 2.16. The third-order valence-corrected chi connectivity index (χ3v) is 2.14. The summed E-state index contributed by atoms with van der Waals surface area (Å²) < 4.78 is 10.7. The Morgan fingerprint density at radius 3 is 2.63 bits per heavy atom. The Morgan fingerprint density at radius 1 is 1.47 bits per heavy atom. The normalized spacial score (nSPS) is 12.9. The van der Waals surface area contributed by atoms with E-state index in [9.17, 15) is 14.7 Å². The number of carbonyl (C=O) groups excluding carboxylic acids is 2. The molecule has 7 heteroatoms. The molecule has 0 aliphatic rings. The minimum atomic E-state index is -1.11. The zero-order valence-corrected chi connectivity index (χ0v) is 11.4. The second-order valence-corrected chi connectivity index (χ2v) is 4.98. The Kier molecular flexibility index (Phi) is 4.66. The van der Waals surface area contributed by atoms with Crippen molar-refractivity contribution in [2.24, 2.45) is 0 Å². The molecule has 1 N–H and O–H groups in total. The Balaban J connectivity index is 2.71. The number of rotatable bonds is 3. The minimum absolute atomic E-state index is 0.205. The van der Waals surface area contributed by atoms with Crippen LogP contribution in [0, 0.1) is 0 Å². The van der Waals surface area contributed by atoms with Crippen molar-refractivity contribution in [3.63, 3.8) is 0 Å². The van der Waals surface area contributed by atoms with Crippen LogP contribution in [0.3, 0.4) is 0 Å². The smallest absolute Gasteiger partial charge is 0.419 e. The van der Waals surface area contributed by atoms with Crippen LogP contribution < -0.4 is 0 Å². The van der Waals surface area contributed by atoms with Crippen molar-refractivity contribution in [3.8, 4) is 0 Å². The first-order valence-electron chi connectivity index (χ1n) is 5.75. The van der Waals surface area contributed by atoms with Crippen LogP contribution in [-0.4, -0.2) is 39.4 Å². The molecule has 0 aliphatic heterocycles. The number of aliphatic hydroxyl groups is 1. The first-order valence-corrected chi connectivity index (χ1v) is 5.75. The van der Waals surface area contributed by atoms with Gasteiger partial charge in [0.05, 0.1) is 19.2 Å². The van der Waals surface area contributed by atoms with Crippen LogP contribution in [0.4, 0.5) is 4.79 Å². The van der Waals surface area contributed by atoms with Gasteiger partial charge in [-0.05, 0) is 20.8 Å². The topological polar surface area (TPSA) is 90.7 Å². The van der Waals surface area contributed by atoms with Gasteiger partial charge < -0.3 is 14.6 Å². The van der Waals surface area contributed by atoms with Crippen LogP contribution in [0.1, 0.15) is 39.0 Å². The third-order valence-electron chi connectivity index (χ3n) is 2.14. The third kappa shape index (κ3) is 4.70. The maximum absolute atomic E-state index is 11.7. The summed E-state index contributed by atoms with van der Waals surface area (Å²) in [5.41, 5.74) is -0.414. The molecule has 1 atom stereocenters. The van der Waals surface area contributed by atoms with Crippen molar-refractivity contribution >= 4 is 12.1 Å². The van der Waals surface area contributed by atoms with Gasteiger partial charge in [0.25, 0.3) is 0 Å². The number of hydrogen-bond acceptors (Lipinski definition) is 6. The largest absolute Gasteiger partial charge is 0.469 e. The van der Waals surface area contributed by atoms with E-state index in [-0.39, 0.29) is 12.1 Å². The molecule has 0 radical (unpaired) electrons. The predicted octanol–water partition coefficient (Wildman–Crippen LogP) is 1.26. The number of aliphatic hydroxyl groups excluding tert-OH is 1. The van der Waals surface area contributed by atoms with E-state index in [2.05, 4.69) is 9.72 Å². The van der Waals surface area contributed by atoms with Crippen molar-refractivity contribution in [1.82, 2.24) is 9.55 Å². The summed E-state index contributed by atoms with van der Waals surface area (Å²) in [5, 5.41) is 9.72. The van der Waals surface area contributed by atoms with Gasteiger partial charge in [-0.1, -0.05) is 0 Å². The zero-order valence-electron chi connectivity index (χ0n) is 11.4. The molecule has 0 fully saturated rings. The van der Waals surface area contributed by atoms with Crippen LogP contribution in [0.5, 0.6) is 0 Å². The number of methoxy groups -OCH3 is 1. The Bertz CT molecular complexity index is 461. The lowest BCUT2D eigenvalue weighted by Gasteiger charge is -2.19. The average molecular weight is 270 g/mol. The molecule has 0 saturated carbocycles. The summed E-state index contributed by atoms with van der Waals surface area (Å²) in [4.78, 5) is 26.6. The average Bonchev–Trinajstić information content (AvgIpc) is 2.75. The number of carbonyl (C=O) groups is 2. The Hall–Kier alpha value is -1.89. The van der Waals surface area contributed by atoms with Crippen molar-refractivity contribution < 1.29 is 24.2 Å². The van der Waals surface area contributed by atoms with Gasteiger partial charge in [-0.15, -0.1) is 0 Å². The van der Waals surface area contributed by atoms with Crippen LogP contribution in [-0.2, 0) is 14.3 Å². The highest BCUT2D eigenvalue weighted by atomic mass is 16.6. The van der Waals surface area contributed by atoms with E-state index < -0.39 is 23.8 Å². The highest BCUT2D eigenvalue weighted by Gasteiger charge is 2.20. The van der Waals surface area contributed by atoms with Gasteiger partial charge >= 0.3 is 12.1 Å². The summed E-state index contributed by atoms with van der Waals surface area (Å²) >= 11 is 0. The quantitative estimate of drug-likeness (QED) is 0.831. The Labute approximate surface area is 111 Å². The molecule has 106 valence electrons. The molecule has 7 nitrogen and oxygen atoms in total. The number of ether oxygens (including phenoxy) is 2. The van der Waals surface area contributed by atoms with Crippen molar-refractivity contribution in [3.05, 3.63) is 18.2 Å². The molecule has 1 heterocycles. The maximum atomic E-state index is 11.7. The van der Waals surface area contributed by atoms with Crippen LogP contribution in [0.15, 0.2) is 12.5 Å². The second-order valence-electron chi connectivity index (χ2n) is 4.98. The van der Waals surface area contributed by atoms with E-state index in [4.69, 9.17) is 4.74 Å². The summed E-state index contributed by atoms with van der Waals surface area (Å²) in [7, 11) is 1.23. The van der Waals surface area contributed by atoms with E-state index in [1.54, 1.807) is 20.8 Å². The maximum Gasteiger partial charge on any atom is 0.419 e. The molecule has 1 aromatic heterocycles. The summed E-state index contributed by atoms with van der Waals surface area (Å²) in [6.07, 6.45) is 0.612. The van der Waals surface area contributed by atoms with E-state index in [1.165, 1.54) is 19.6 Å². The lowest BCUT2D eigenvalue weighted by Crippen LogP contribution is -2.26. The molecule has 0 aromatic carbocycles. The van der Waals surface area contributed by atoms with Gasteiger partial charge in [-0.25, -0.2) is 14.3 Å². The molecule has 1 unspecified atom stereocenters. The summed E-state index contributed by atoms with van der Waals surface area (Å²) in [6, 6.07) is 0. The van der Waals surface area contributed by atoms with Crippen molar-refractivity contribution in [2.45, 2.75) is 38.9 Å². The second kappa shape index (κ2) is 5.83. The summed E-state index contributed by atoms with van der Waals surface area (Å²) in [5.74, 6) is -0.556.